The number of rotatable bonds is 4. The highest BCUT2D eigenvalue weighted by molar-refractivity contribution is 6.05. The first kappa shape index (κ1) is 12.9. The number of para-hydroxylation sites is 1. The minimum atomic E-state index is 0.718. The Morgan fingerprint density at radius 1 is 1.14 bits per heavy atom. The molecular weight excluding hydrogens is 278 g/mol. The van der Waals surface area contributed by atoms with E-state index in [1.54, 1.807) is 18.9 Å². The molecule has 0 atom stereocenters. The van der Waals surface area contributed by atoms with Crippen LogP contribution in [0.4, 0.5) is 5.82 Å². The summed E-state index contributed by atoms with van der Waals surface area (Å²) >= 11 is 0. The van der Waals surface area contributed by atoms with Gasteiger partial charge in [0.1, 0.15) is 17.4 Å². The third kappa shape index (κ3) is 2.02. The van der Waals surface area contributed by atoms with Crippen molar-refractivity contribution in [1.82, 2.24) is 9.97 Å². The van der Waals surface area contributed by atoms with E-state index in [-0.39, 0.29) is 0 Å². The number of aromatic nitrogens is 2. The summed E-state index contributed by atoms with van der Waals surface area (Å²) in [7, 11) is 0. The highest BCUT2D eigenvalue weighted by Crippen LogP contribution is 2.32. The average molecular weight is 293 g/mol. The molecule has 4 rings (SSSR count). The maximum atomic E-state index is 6.00. The number of nitrogens with zero attached hydrogens (tertiary/aromatic N) is 3. The van der Waals surface area contributed by atoms with Gasteiger partial charge in [-0.1, -0.05) is 12.1 Å². The molecule has 3 heterocycles. The van der Waals surface area contributed by atoms with Crippen LogP contribution in [0.1, 0.15) is 12.5 Å². The molecule has 0 spiro atoms. The van der Waals surface area contributed by atoms with E-state index in [0.29, 0.717) is 0 Å². The lowest BCUT2D eigenvalue weighted by Crippen LogP contribution is -2.23. The first-order chi connectivity index (χ1) is 10.9. The van der Waals surface area contributed by atoms with Crippen LogP contribution in [-0.4, -0.2) is 16.5 Å². The normalized spacial score (nSPS) is 11.3. The molecule has 0 saturated heterocycles. The van der Waals surface area contributed by atoms with E-state index < -0.39 is 0 Å². The van der Waals surface area contributed by atoms with Crippen molar-refractivity contribution in [3.05, 3.63) is 54.7 Å². The SMILES string of the molecule is CCN(Cc1ccoc1)c1ncnc2c1oc1ccccc12. The molecule has 5 nitrogen and oxygen atoms in total. The minimum absolute atomic E-state index is 0.718. The zero-order valence-electron chi connectivity index (χ0n) is 12.2. The van der Waals surface area contributed by atoms with Crippen molar-refractivity contribution in [3.8, 4) is 0 Å². The third-order valence-corrected chi connectivity index (χ3v) is 3.77. The fourth-order valence-corrected chi connectivity index (χ4v) is 2.68. The molecule has 5 heteroatoms. The third-order valence-electron chi connectivity index (χ3n) is 3.77. The van der Waals surface area contributed by atoms with Crippen LogP contribution >= 0.6 is 0 Å². The summed E-state index contributed by atoms with van der Waals surface area (Å²) < 4.78 is 11.1. The Hall–Kier alpha value is -2.82. The van der Waals surface area contributed by atoms with E-state index in [9.17, 15) is 0 Å². The van der Waals surface area contributed by atoms with E-state index in [2.05, 4.69) is 21.8 Å². The van der Waals surface area contributed by atoms with Gasteiger partial charge in [0.25, 0.3) is 0 Å². The maximum Gasteiger partial charge on any atom is 0.196 e. The Balaban J connectivity index is 1.86. The molecular formula is C17H15N3O2. The van der Waals surface area contributed by atoms with Crippen molar-refractivity contribution in [2.45, 2.75) is 13.5 Å². The van der Waals surface area contributed by atoms with Crippen molar-refractivity contribution >= 4 is 27.9 Å². The standard InChI is InChI=1S/C17H15N3O2/c1-2-20(9-12-7-8-21-10-12)17-16-15(18-11-19-17)13-5-3-4-6-14(13)22-16/h3-8,10-11H,2,9H2,1H3. The Morgan fingerprint density at radius 3 is 2.86 bits per heavy atom. The Kier molecular flexibility index (Phi) is 3.04. The van der Waals surface area contributed by atoms with Crippen LogP contribution in [0, 0.1) is 0 Å². The van der Waals surface area contributed by atoms with E-state index in [1.165, 1.54) is 0 Å². The molecule has 0 aliphatic carbocycles. The first-order valence-electron chi connectivity index (χ1n) is 7.25. The smallest absolute Gasteiger partial charge is 0.196 e. The van der Waals surface area contributed by atoms with Crippen molar-refractivity contribution < 1.29 is 8.83 Å². The van der Waals surface area contributed by atoms with Gasteiger partial charge >= 0.3 is 0 Å². The highest BCUT2D eigenvalue weighted by atomic mass is 16.3. The van der Waals surface area contributed by atoms with Crippen LogP contribution in [0.2, 0.25) is 0 Å². The summed E-state index contributed by atoms with van der Waals surface area (Å²) in [6, 6.07) is 9.88. The molecule has 0 aliphatic heterocycles. The fraction of sp³-hybridized carbons (Fsp3) is 0.176. The van der Waals surface area contributed by atoms with Crippen LogP contribution in [0.25, 0.3) is 22.1 Å². The lowest BCUT2D eigenvalue weighted by atomic mass is 10.2. The van der Waals surface area contributed by atoms with Crippen LogP contribution < -0.4 is 4.90 Å². The fourth-order valence-electron chi connectivity index (χ4n) is 2.68. The van der Waals surface area contributed by atoms with Gasteiger partial charge in [-0.05, 0) is 25.1 Å². The predicted molar refractivity (Wildman–Crippen MR) is 84.7 cm³/mol. The molecule has 0 fully saturated rings. The summed E-state index contributed by atoms with van der Waals surface area (Å²) in [6.07, 6.45) is 5.03. The topological polar surface area (TPSA) is 55.3 Å². The zero-order chi connectivity index (χ0) is 14.9. The molecule has 0 N–H and O–H groups in total. The molecule has 0 unspecified atom stereocenters. The summed E-state index contributed by atoms with van der Waals surface area (Å²) in [5.41, 5.74) is 3.52. The van der Waals surface area contributed by atoms with Gasteiger partial charge in [-0.15, -0.1) is 0 Å². The second-order valence-electron chi connectivity index (χ2n) is 5.12. The number of hydrogen-bond acceptors (Lipinski definition) is 5. The van der Waals surface area contributed by atoms with Crippen molar-refractivity contribution in [1.29, 1.82) is 0 Å². The van der Waals surface area contributed by atoms with Crippen LogP contribution in [0.15, 0.2) is 58.0 Å². The van der Waals surface area contributed by atoms with Gasteiger partial charge in [0, 0.05) is 24.0 Å². The van der Waals surface area contributed by atoms with E-state index in [1.807, 2.05) is 30.3 Å². The number of hydrogen-bond donors (Lipinski definition) is 0. The molecule has 0 aliphatic rings. The predicted octanol–water partition coefficient (Wildman–Crippen LogP) is 4.00. The monoisotopic (exact) mass is 293 g/mol. The number of anilines is 1. The molecule has 0 saturated carbocycles. The number of furan rings is 2. The molecule has 1 aromatic carbocycles. The quantitative estimate of drug-likeness (QED) is 0.569. The second kappa shape index (κ2) is 5.18. The van der Waals surface area contributed by atoms with Gasteiger partial charge < -0.3 is 13.7 Å². The van der Waals surface area contributed by atoms with Crippen LogP contribution in [-0.2, 0) is 6.54 Å². The lowest BCUT2D eigenvalue weighted by molar-refractivity contribution is 0.563. The van der Waals surface area contributed by atoms with Crippen LogP contribution in [0.5, 0.6) is 0 Å². The van der Waals surface area contributed by atoms with Gasteiger partial charge in [-0.2, -0.15) is 0 Å². The Labute approximate surface area is 127 Å². The molecule has 22 heavy (non-hydrogen) atoms. The molecule has 0 bridgehead atoms. The number of fused-ring (bicyclic) bond motifs is 3. The minimum Gasteiger partial charge on any atom is -0.472 e. The van der Waals surface area contributed by atoms with Gasteiger partial charge in [0.2, 0.25) is 0 Å². The highest BCUT2D eigenvalue weighted by Gasteiger charge is 2.17. The van der Waals surface area contributed by atoms with Crippen LogP contribution in [0.3, 0.4) is 0 Å². The van der Waals surface area contributed by atoms with E-state index >= 15 is 0 Å². The van der Waals surface area contributed by atoms with Crippen molar-refractivity contribution in [3.63, 3.8) is 0 Å². The largest absolute Gasteiger partial charge is 0.472 e. The Morgan fingerprint density at radius 2 is 2.05 bits per heavy atom. The summed E-state index contributed by atoms with van der Waals surface area (Å²) in [5, 5.41) is 1.01. The average Bonchev–Trinajstić information content (AvgIpc) is 3.19. The molecule has 4 aromatic rings. The Bertz CT molecular complexity index is 912. The summed E-state index contributed by atoms with van der Waals surface area (Å²) in [4.78, 5) is 11.0. The lowest BCUT2D eigenvalue weighted by Gasteiger charge is -2.20. The van der Waals surface area contributed by atoms with Crippen molar-refractivity contribution in [2.75, 3.05) is 11.4 Å². The van der Waals surface area contributed by atoms with Gasteiger partial charge in [0.05, 0.1) is 12.5 Å². The summed E-state index contributed by atoms with van der Waals surface area (Å²) in [5.74, 6) is 0.810. The molecule has 0 amide bonds. The summed E-state index contributed by atoms with van der Waals surface area (Å²) in [6.45, 7) is 3.63. The zero-order valence-corrected chi connectivity index (χ0v) is 12.2. The second-order valence-corrected chi connectivity index (χ2v) is 5.12. The van der Waals surface area contributed by atoms with Gasteiger partial charge in [-0.3, -0.25) is 0 Å². The van der Waals surface area contributed by atoms with E-state index in [0.717, 1.165) is 46.5 Å². The first-order valence-corrected chi connectivity index (χ1v) is 7.25. The molecule has 0 radical (unpaired) electrons. The molecule has 3 aromatic heterocycles. The molecule has 110 valence electrons. The van der Waals surface area contributed by atoms with Gasteiger partial charge in [-0.25, -0.2) is 9.97 Å². The number of benzene rings is 1. The van der Waals surface area contributed by atoms with Crippen molar-refractivity contribution in [2.24, 2.45) is 0 Å². The van der Waals surface area contributed by atoms with Gasteiger partial charge in [0.15, 0.2) is 11.4 Å². The maximum absolute atomic E-state index is 6.00. The van der Waals surface area contributed by atoms with E-state index in [4.69, 9.17) is 8.83 Å².